The second-order valence-corrected chi connectivity index (χ2v) is 4.90. The van der Waals surface area contributed by atoms with E-state index in [1.54, 1.807) is 12.1 Å². The predicted molar refractivity (Wildman–Crippen MR) is 66.1 cm³/mol. The number of aryl methyl sites for hydroxylation is 1. The predicted octanol–water partition coefficient (Wildman–Crippen LogP) is 3.36. The Morgan fingerprint density at radius 3 is 3.00 bits per heavy atom. The lowest BCUT2D eigenvalue weighted by Crippen LogP contribution is -2.01. The van der Waals surface area contributed by atoms with E-state index in [1.165, 1.54) is 17.6 Å². The maximum absolute atomic E-state index is 13.4. The van der Waals surface area contributed by atoms with Crippen molar-refractivity contribution in [3.63, 3.8) is 0 Å². The fourth-order valence-corrected chi connectivity index (χ4v) is 2.20. The summed E-state index contributed by atoms with van der Waals surface area (Å²) < 4.78 is 18.3. The lowest BCUT2D eigenvalue weighted by Gasteiger charge is -2.04. The van der Waals surface area contributed by atoms with Gasteiger partial charge in [0.15, 0.2) is 0 Å². The van der Waals surface area contributed by atoms with Crippen molar-refractivity contribution in [1.29, 1.82) is 0 Å². The van der Waals surface area contributed by atoms with E-state index in [2.05, 4.69) is 30.6 Å². The quantitative estimate of drug-likeness (QED) is 0.944. The van der Waals surface area contributed by atoms with Gasteiger partial charge in [-0.25, -0.2) is 9.37 Å². The molecule has 3 nitrogen and oxygen atoms in total. The molecule has 0 aliphatic carbocycles. The zero-order valence-electron chi connectivity index (χ0n) is 8.50. The topological polar surface area (TPSA) is 37.8 Å². The molecule has 0 saturated heterocycles. The van der Waals surface area contributed by atoms with Crippen molar-refractivity contribution in [2.45, 2.75) is 13.5 Å². The highest BCUT2D eigenvalue weighted by Crippen LogP contribution is 2.17. The first-order chi connectivity index (χ1) is 7.65. The molecule has 0 atom stereocenters. The first-order valence-electron chi connectivity index (χ1n) is 4.63. The standard InChI is InChI=1S/C10H9BrFN3S/c1-6-14-10(16-15-6)13-5-7-4-8(11)2-3-9(7)12/h2-4H,5H2,1H3,(H,13,14,15). The Kier molecular flexibility index (Phi) is 3.50. The molecule has 0 bridgehead atoms. The van der Waals surface area contributed by atoms with Crippen LogP contribution in [0.1, 0.15) is 11.4 Å². The van der Waals surface area contributed by atoms with E-state index < -0.39 is 0 Å². The van der Waals surface area contributed by atoms with Gasteiger partial charge in [-0.3, -0.25) is 0 Å². The second-order valence-electron chi connectivity index (χ2n) is 3.24. The minimum absolute atomic E-state index is 0.225. The van der Waals surface area contributed by atoms with Crippen LogP contribution < -0.4 is 5.32 Å². The highest BCUT2D eigenvalue weighted by molar-refractivity contribution is 9.10. The molecule has 16 heavy (non-hydrogen) atoms. The molecule has 0 radical (unpaired) electrons. The zero-order chi connectivity index (χ0) is 11.5. The highest BCUT2D eigenvalue weighted by atomic mass is 79.9. The fraction of sp³-hybridized carbons (Fsp3) is 0.200. The first-order valence-corrected chi connectivity index (χ1v) is 6.20. The molecule has 0 fully saturated rings. The normalized spacial score (nSPS) is 10.4. The van der Waals surface area contributed by atoms with Gasteiger partial charge in [-0.2, -0.15) is 4.37 Å². The van der Waals surface area contributed by atoms with E-state index in [-0.39, 0.29) is 5.82 Å². The van der Waals surface area contributed by atoms with Gasteiger partial charge in [-0.15, -0.1) is 0 Å². The summed E-state index contributed by atoms with van der Waals surface area (Å²) in [6, 6.07) is 4.86. The monoisotopic (exact) mass is 301 g/mol. The van der Waals surface area contributed by atoms with Gasteiger partial charge in [0, 0.05) is 28.1 Å². The fourth-order valence-electron chi connectivity index (χ4n) is 1.22. The molecule has 6 heteroatoms. The summed E-state index contributed by atoms with van der Waals surface area (Å²) in [5.74, 6) is 0.499. The van der Waals surface area contributed by atoms with Crippen LogP contribution in [0.15, 0.2) is 22.7 Å². The third kappa shape index (κ3) is 2.76. The van der Waals surface area contributed by atoms with Crippen LogP contribution in [0.3, 0.4) is 0 Å². The Labute approximate surface area is 105 Å². The summed E-state index contributed by atoms with van der Waals surface area (Å²) >= 11 is 4.58. The smallest absolute Gasteiger partial charge is 0.202 e. The molecular formula is C10H9BrFN3S. The molecule has 1 aromatic carbocycles. The van der Waals surface area contributed by atoms with Crippen LogP contribution in [0.2, 0.25) is 0 Å². The molecule has 0 aliphatic heterocycles. The van der Waals surface area contributed by atoms with Crippen molar-refractivity contribution < 1.29 is 4.39 Å². The molecule has 84 valence electrons. The number of aromatic nitrogens is 2. The van der Waals surface area contributed by atoms with Crippen molar-refractivity contribution in [3.8, 4) is 0 Å². The van der Waals surface area contributed by atoms with Gasteiger partial charge in [-0.1, -0.05) is 15.9 Å². The van der Waals surface area contributed by atoms with E-state index in [9.17, 15) is 4.39 Å². The minimum atomic E-state index is -0.225. The SMILES string of the molecule is Cc1nsc(NCc2cc(Br)ccc2F)n1. The van der Waals surface area contributed by atoms with E-state index in [0.29, 0.717) is 17.2 Å². The Hall–Kier alpha value is -1.01. The number of halogens is 2. The molecule has 2 rings (SSSR count). The van der Waals surface area contributed by atoms with Crippen molar-refractivity contribution in [1.82, 2.24) is 9.36 Å². The third-order valence-electron chi connectivity index (χ3n) is 1.97. The summed E-state index contributed by atoms with van der Waals surface area (Å²) in [7, 11) is 0. The van der Waals surface area contributed by atoms with Gasteiger partial charge >= 0.3 is 0 Å². The number of hydrogen-bond acceptors (Lipinski definition) is 4. The zero-order valence-corrected chi connectivity index (χ0v) is 10.9. The second kappa shape index (κ2) is 4.88. The van der Waals surface area contributed by atoms with Crippen molar-refractivity contribution >= 4 is 32.6 Å². The minimum Gasteiger partial charge on any atom is -0.356 e. The number of benzene rings is 1. The van der Waals surface area contributed by atoms with Gasteiger partial charge in [0.2, 0.25) is 5.13 Å². The largest absolute Gasteiger partial charge is 0.356 e. The van der Waals surface area contributed by atoms with Crippen molar-refractivity contribution in [2.24, 2.45) is 0 Å². The summed E-state index contributed by atoms with van der Waals surface area (Å²) in [5, 5.41) is 3.74. The van der Waals surface area contributed by atoms with E-state index >= 15 is 0 Å². The first kappa shape index (κ1) is 11.5. The lowest BCUT2D eigenvalue weighted by molar-refractivity contribution is 0.612. The molecule has 0 amide bonds. The molecule has 0 aliphatic rings. The average molecular weight is 302 g/mol. The molecule has 2 aromatic rings. The van der Waals surface area contributed by atoms with Crippen molar-refractivity contribution in [3.05, 3.63) is 39.9 Å². The van der Waals surface area contributed by atoms with Crippen LogP contribution in [0.5, 0.6) is 0 Å². The number of nitrogens with one attached hydrogen (secondary N) is 1. The molecular weight excluding hydrogens is 293 g/mol. The Balaban J connectivity index is 2.07. The molecule has 1 aromatic heterocycles. The molecule has 0 spiro atoms. The number of hydrogen-bond donors (Lipinski definition) is 1. The number of rotatable bonds is 3. The van der Waals surface area contributed by atoms with Crippen LogP contribution in [-0.2, 0) is 6.54 Å². The van der Waals surface area contributed by atoms with E-state index in [0.717, 1.165) is 10.3 Å². The molecule has 0 unspecified atom stereocenters. The van der Waals surface area contributed by atoms with Gasteiger partial charge < -0.3 is 5.32 Å². The van der Waals surface area contributed by atoms with Crippen LogP contribution in [0, 0.1) is 12.7 Å². The number of anilines is 1. The van der Waals surface area contributed by atoms with Gasteiger partial charge in [0.1, 0.15) is 11.6 Å². The van der Waals surface area contributed by atoms with Crippen LogP contribution in [-0.4, -0.2) is 9.36 Å². The van der Waals surface area contributed by atoms with Gasteiger partial charge in [-0.05, 0) is 25.1 Å². The van der Waals surface area contributed by atoms with Crippen LogP contribution >= 0.6 is 27.5 Å². The summed E-state index contributed by atoms with van der Waals surface area (Å²) in [4.78, 5) is 4.14. The van der Waals surface area contributed by atoms with Crippen molar-refractivity contribution in [2.75, 3.05) is 5.32 Å². The Morgan fingerprint density at radius 2 is 2.31 bits per heavy atom. The maximum Gasteiger partial charge on any atom is 0.202 e. The third-order valence-corrected chi connectivity index (χ3v) is 3.22. The molecule has 1 heterocycles. The summed E-state index contributed by atoms with van der Waals surface area (Å²) in [6.07, 6.45) is 0. The van der Waals surface area contributed by atoms with Gasteiger partial charge in [0.25, 0.3) is 0 Å². The summed E-state index contributed by atoms with van der Waals surface area (Å²) in [5.41, 5.74) is 0.599. The van der Waals surface area contributed by atoms with Crippen LogP contribution in [0.4, 0.5) is 9.52 Å². The molecule has 1 N–H and O–H groups in total. The van der Waals surface area contributed by atoms with Gasteiger partial charge in [0.05, 0.1) is 0 Å². The average Bonchev–Trinajstić information content (AvgIpc) is 2.66. The summed E-state index contributed by atoms with van der Waals surface area (Å²) in [6.45, 7) is 2.22. The van der Waals surface area contributed by atoms with E-state index in [4.69, 9.17) is 0 Å². The Morgan fingerprint density at radius 1 is 1.50 bits per heavy atom. The van der Waals surface area contributed by atoms with Crippen LogP contribution in [0.25, 0.3) is 0 Å². The van der Waals surface area contributed by atoms with E-state index in [1.807, 2.05) is 6.92 Å². The number of nitrogens with zero attached hydrogens (tertiary/aromatic N) is 2. The molecule has 0 saturated carbocycles. The highest BCUT2D eigenvalue weighted by Gasteiger charge is 2.04. The lowest BCUT2D eigenvalue weighted by atomic mass is 10.2. The Bertz CT molecular complexity index is 501. The maximum atomic E-state index is 13.4.